The zero-order valence-corrected chi connectivity index (χ0v) is 12.1. The fourth-order valence-electron chi connectivity index (χ4n) is 2.63. The van der Waals surface area contributed by atoms with Crippen LogP contribution in [0.15, 0.2) is 54.7 Å². The molecule has 1 N–H and O–H groups in total. The summed E-state index contributed by atoms with van der Waals surface area (Å²) in [5.41, 5.74) is 0.354. The first kappa shape index (κ1) is 14.5. The Balaban J connectivity index is 1.91. The largest absolute Gasteiger partial charge is 0.492 e. The predicted molar refractivity (Wildman–Crippen MR) is 83.0 cm³/mol. The van der Waals surface area contributed by atoms with Crippen LogP contribution in [0.1, 0.15) is 5.56 Å². The number of aromatic hydroxyl groups is 1. The quantitative estimate of drug-likeness (QED) is 0.566. The Morgan fingerprint density at radius 3 is 2.33 bits per heavy atom. The average Bonchev–Trinajstić information content (AvgIpc) is 2.92. The van der Waals surface area contributed by atoms with Gasteiger partial charge >= 0.3 is 6.18 Å². The summed E-state index contributed by atoms with van der Waals surface area (Å²) >= 11 is 0. The van der Waals surface area contributed by atoms with Crippen LogP contribution in [0.25, 0.3) is 27.5 Å². The average molecular weight is 329 g/mol. The van der Waals surface area contributed by atoms with Gasteiger partial charge in [-0.3, -0.25) is 0 Å². The lowest BCUT2D eigenvalue weighted by molar-refractivity contribution is -0.137. The molecular formula is C17H10F3N3O. The van der Waals surface area contributed by atoms with E-state index in [9.17, 15) is 18.3 Å². The van der Waals surface area contributed by atoms with Crippen LogP contribution in [0.5, 0.6) is 5.88 Å². The minimum Gasteiger partial charge on any atom is -0.492 e. The highest BCUT2D eigenvalue weighted by atomic mass is 19.4. The number of hydrogen-bond donors (Lipinski definition) is 1. The third-order valence-electron chi connectivity index (χ3n) is 3.82. The van der Waals surface area contributed by atoms with Crippen molar-refractivity contribution in [1.82, 2.24) is 14.8 Å². The number of hydrogen-bond acceptors (Lipinski definition) is 3. The fraction of sp³-hybridized carbons (Fsp3) is 0.0588. The smallest absolute Gasteiger partial charge is 0.416 e. The molecule has 4 aromatic rings. The molecular weight excluding hydrogens is 319 g/mol. The lowest BCUT2D eigenvalue weighted by Gasteiger charge is -2.07. The van der Waals surface area contributed by atoms with Gasteiger partial charge in [0, 0.05) is 17.0 Å². The van der Waals surface area contributed by atoms with Crippen molar-refractivity contribution in [2.45, 2.75) is 6.18 Å². The number of fused-ring (bicyclic) bond motifs is 3. The second-order valence-corrected chi connectivity index (χ2v) is 5.32. The van der Waals surface area contributed by atoms with Crippen molar-refractivity contribution in [3.8, 4) is 11.6 Å². The first-order valence-corrected chi connectivity index (χ1v) is 7.08. The van der Waals surface area contributed by atoms with E-state index in [4.69, 9.17) is 0 Å². The highest BCUT2D eigenvalue weighted by molar-refractivity contribution is 6.04. The number of alkyl halides is 3. The van der Waals surface area contributed by atoms with E-state index in [0.29, 0.717) is 16.7 Å². The van der Waals surface area contributed by atoms with Gasteiger partial charge in [0.05, 0.1) is 11.3 Å². The van der Waals surface area contributed by atoms with Crippen LogP contribution in [-0.4, -0.2) is 19.9 Å². The van der Waals surface area contributed by atoms with Gasteiger partial charge in [0.2, 0.25) is 5.88 Å². The van der Waals surface area contributed by atoms with E-state index in [-0.39, 0.29) is 5.88 Å². The first-order chi connectivity index (χ1) is 11.4. The van der Waals surface area contributed by atoms with Crippen LogP contribution >= 0.6 is 0 Å². The Morgan fingerprint density at radius 2 is 1.62 bits per heavy atom. The molecule has 0 aliphatic heterocycles. The second kappa shape index (κ2) is 4.95. The number of aromatic nitrogens is 3. The van der Waals surface area contributed by atoms with Crippen molar-refractivity contribution in [3.63, 3.8) is 0 Å². The minimum absolute atomic E-state index is 0.212. The Bertz CT molecular complexity index is 1050. The van der Waals surface area contributed by atoms with Crippen molar-refractivity contribution in [2.24, 2.45) is 0 Å². The van der Waals surface area contributed by atoms with Gasteiger partial charge < -0.3 is 5.11 Å². The Kier molecular flexibility index (Phi) is 2.99. The van der Waals surface area contributed by atoms with Crippen LogP contribution in [-0.2, 0) is 6.18 Å². The van der Waals surface area contributed by atoms with Gasteiger partial charge in [0.1, 0.15) is 5.52 Å². The minimum atomic E-state index is -4.41. The molecule has 0 fully saturated rings. The Hall–Kier alpha value is -3.09. The molecule has 0 saturated carbocycles. The molecule has 0 aliphatic carbocycles. The van der Waals surface area contributed by atoms with E-state index < -0.39 is 11.7 Å². The van der Waals surface area contributed by atoms with Gasteiger partial charge in [-0.1, -0.05) is 24.3 Å². The third-order valence-corrected chi connectivity index (χ3v) is 3.82. The van der Waals surface area contributed by atoms with Crippen LogP contribution in [0.4, 0.5) is 13.2 Å². The molecule has 0 radical (unpaired) electrons. The molecule has 24 heavy (non-hydrogen) atoms. The molecule has 0 bridgehead atoms. The predicted octanol–water partition coefficient (Wildman–Crippen LogP) is 4.30. The Labute approximate surface area is 133 Å². The van der Waals surface area contributed by atoms with Crippen LogP contribution in [0.2, 0.25) is 0 Å². The maximum atomic E-state index is 12.7. The van der Waals surface area contributed by atoms with Crippen molar-refractivity contribution < 1.29 is 18.3 Å². The standard InChI is InChI=1S/C17H10F3N3O/c18-17(19,20)11-5-7-12(8-6-11)23-16(24)15-14(22-23)13-4-2-1-3-10(13)9-21-15/h1-9,24H. The number of nitrogens with zero attached hydrogens (tertiary/aromatic N) is 3. The molecule has 4 rings (SSSR count). The summed E-state index contributed by atoms with van der Waals surface area (Å²) in [5.74, 6) is -0.212. The summed E-state index contributed by atoms with van der Waals surface area (Å²) < 4.78 is 39.2. The van der Waals surface area contributed by atoms with E-state index in [0.717, 1.165) is 22.9 Å². The number of pyridine rings is 1. The molecule has 4 nitrogen and oxygen atoms in total. The normalized spacial score (nSPS) is 12.1. The van der Waals surface area contributed by atoms with E-state index in [1.54, 1.807) is 6.20 Å². The molecule has 2 aromatic heterocycles. The number of benzene rings is 2. The maximum Gasteiger partial charge on any atom is 0.416 e. The van der Waals surface area contributed by atoms with Crippen molar-refractivity contribution in [1.29, 1.82) is 0 Å². The molecule has 2 heterocycles. The second-order valence-electron chi connectivity index (χ2n) is 5.32. The summed E-state index contributed by atoms with van der Waals surface area (Å²) in [6.45, 7) is 0. The third kappa shape index (κ3) is 2.17. The van der Waals surface area contributed by atoms with Gasteiger partial charge in [-0.15, -0.1) is 0 Å². The van der Waals surface area contributed by atoms with E-state index in [1.165, 1.54) is 16.8 Å². The lowest BCUT2D eigenvalue weighted by Crippen LogP contribution is -2.05. The topological polar surface area (TPSA) is 50.9 Å². The highest BCUT2D eigenvalue weighted by Crippen LogP contribution is 2.33. The molecule has 120 valence electrons. The first-order valence-electron chi connectivity index (χ1n) is 7.08. The van der Waals surface area contributed by atoms with Crippen molar-refractivity contribution in [2.75, 3.05) is 0 Å². The van der Waals surface area contributed by atoms with Gasteiger partial charge in [0.25, 0.3) is 0 Å². The summed E-state index contributed by atoms with van der Waals surface area (Å²) in [7, 11) is 0. The number of rotatable bonds is 1. The molecule has 2 aromatic carbocycles. The van der Waals surface area contributed by atoms with E-state index >= 15 is 0 Å². The summed E-state index contributed by atoms with van der Waals surface area (Å²) in [5, 5.41) is 16.3. The Morgan fingerprint density at radius 1 is 0.917 bits per heavy atom. The van der Waals surface area contributed by atoms with Crippen LogP contribution in [0.3, 0.4) is 0 Å². The highest BCUT2D eigenvalue weighted by Gasteiger charge is 2.30. The molecule has 0 saturated heterocycles. The maximum absolute atomic E-state index is 12.7. The van der Waals surface area contributed by atoms with Crippen molar-refractivity contribution in [3.05, 3.63) is 60.3 Å². The monoisotopic (exact) mass is 329 g/mol. The lowest BCUT2D eigenvalue weighted by atomic mass is 10.1. The summed E-state index contributed by atoms with van der Waals surface area (Å²) in [6.07, 6.45) is -2.79. The van der Waals surface area contributed by atoms with Crippen LogP contribution < -0.4 is 0 Å². The molecule has 0 atom stereocenters. The molecule has 0 unspecified atom stereocenters. The van der Waals surface area contributed by atoms with Gasteiger partial charge in [-0.2, -0.15) is 23.0 Å². The fourth-order valence-corrected chi connectivity index (χ4v) is 2.63. The van der Waals surface area contributed by atoms with E-state index in [1.807, 2.05) is 24.3 Å². The van der Waals surface area contributed by atoms with Crippen molar-refractivity contribution >= 4 is 21.8 Å². The number of halogens is 3. The molecule has 0 amide bonds. The zero-order chi connectivity index (χ0) is 16.9. The van der Waals surface area contributed by atoms with Crippen LogP contribution in [0, 0.1) is 0 Å². The van der Waals surface area contributed by atoms with Gasteiger partial charge in [-0.05, 0) is 24.3 Å². The summed E-state index contributed by atoms with van der Waals surface area (Å²) in [6, 6.07) is 11.9. The summed E-state index contributed by atoms with van der Waals surface area (Å²) in [4.78, 5) is 4.20. The van der Waals surface area contributed by atoms with E-state index in [2.05, 4.69) is 10.1 Å². The molecule has 7 heteroatoms. The molecule has 0 aliphatic rings. The van der Waals surface area contributed by atoms with Gasteiger partial charge in [0.15, 0.2) is 5.52 Å². The van der Waals surface area contributed by atoms with Gasteiger partial charge in [-0.25, -0.2) is 4.98 Å². The zero-order valence-electron chi connectivity index (χ0n) is 12.1. The SMILES string of the molecule is Oc1c2ncc3ccccc3c2nn1-c1ccc(C(F)(F)F)cc1. The molecule has 0 spiro atoms.